The SMILES string of the molecule is CCCC(CN)C(=O)NC1(C)CC1. The van der Waals surface area contributed by atoms with Gasteiger partial charge in [0.1, 0.15) is 0 Å². The van der Waals surface area contributed by atoms with Crippen LogP contribution in [0.15, 0.2) is 0 Å². The molecule has 13 heavy (non-hydrogen) atoms. The Bertz CT molecular complexity index is 187. The molecule has 0 spiro atoms. The molecule has 0 aromatic rings. The molecule has 76 valence electrons. The van der Waals surface area contributed by atoms with Crippen molar-refractivity contribution in [2.24, 2.45) is 11.7 Å². The van der Waals surface area contributed by atoms with Gasteiger partial charge in [0.05, 0.1) is 5.92 Å². The first kappa shape index (κ1) is 10.5. The fourth-order valence-electron chi connectivity index (χ4n) is 1.42. The fourth-order valence-corrected chi connectivity index (χ4v) is 1.42. The summed E-state index contributed by atoms with van der Waals surface area (Å²) in [5, 5.41) is 3.05. The van der Waals surface area contributed by atoms with E-state index in [0.717, 1.165) is 25.7 Å². The minimum absolute atomic E-state index is 0.0161. The molecular weight excluding hydrogens is 164 g/mol. The Hall–Kier alpha value is -0.570. The van der Waals surface area contributed by atoms with Crippen LogP contribution in [0.3, 0.4) is 0 Å². The molecule has 1 unspecified atom stereocenters. The van der Waals surface area contributed by atoms with Crippen molar-refractivity contribution in [2.45, 2.75) is 45.1 Å². The average Bonchev–Trinajstić information content (AvgIpc) is 2.78. The molecule has 0 bridgehead atoms. The predicted molar refractivity (Wildman–Crippen MR) is 53.2 cm³/mol. The maximum atomic E-state index is 11.6. The third-order valence-electron chi connectivity index (χ3n) is 2.72. The summed E-state index contributed by atoms with van der Waals surface area (Å²) >= 11 is 0. The summed E-state index contributed by atoms with van der Waals surface area (Å²) < 4.78 is 0. The molecule has 0 aromatic heterocycles. The Labute approximate surface area is 80.1 Å². The van der Waals surface area contributed by atoms with Gasteiger partial charge in [0.2, 0.25) is 5.91 Å². The fraction of sp³-hybridized carbons (Fsp3) is 0.900. The van der Waals surface area contributed by atoms with Crippen molar-refractivity contribution in [1.29, 1.82) is 0 Å². The van der Waals surface area contributed by atoms with Gasteiger partial charge in [-0.2, -0.15) is 0 Å². The maximum Gasteiger partial charge on any atom is 0.224 e. The number of rotatable bonds is 5. The summed E-state index contributed by atoms with van der Waals surface area (Å²) in [7, 11) is 0. The van der Waals surface area contributed by atoms with Crippen molar-refractivity contribution >= 4 is 5.91 Å². The molecule has 1 aliphatic rings. The van der Waals surface area contributed by atoms with Crippen LogP contribution in [-0.2, 0) is 4.79 Å². The monoisotopic (exact) mass is 184 g/mol. The molecular formula is C10H20N2O. The van der Waals surface area contributed by atoms with Crippen molar-refractivity contribution < 1.29 is 4.79 Å². The van der Waals surface area contributed by atoms with Crippen molar-refractivity contribution in [2.75, 3.05) is 6.54 Å². The van der Waals surface area contributed by atoms with Crippen molar-refractivity contribution in [3.05, 3.63) is 0 Å². The highest BCUT2D eigenvalue weighted by Gasteiger charge is 2.39. The van der Waals surface area contributed by atoms with E-state index in [2.05, 4.69) is 19.2 Å². The lowest BCUT2D eigenvalue weighted by Gasteiger charge is -2.17. The number of nitrogens with one attached hydrogen (secondary N) is 1. The molecule has 1 fully saturated rings. The molecule has 0 heterocycles. The number of amides is 1. The van der Waals surface area contributed by atoms with E-state index in [-0.39, 0.29) is 17.4 Å². The van der Waals surface area contributed by atoms with Gasteiger partial charge in [0.25, 0.3) is 0 Å². The Morgan fingerprint density at radius 1 is 1.62 bits per heavy atom. The molecule has 3 heteroatoms. The smallest absolute Gasteiger partial charge is 0.224 e. The largest absolute Gasteiger partial charge is 0.351 e. The van der Waals surface area contributed by atoms with E-state index >= 15 is 0 Å². The summed E-state index contributed by atoms with van der Waals surface area (Å²) in [6.45, 7) is 4.63. The number of hydrogen-bond donors (Lipinski definition) is 2. The molecule has 1 rings (SSSR count). The van der Waals surface area contributed by atoms with Crippen molar-refractivity contribution in [1.82, 2.24) is 5.32 Å². The van der Waals surface area contributed by atoms with E-state index in [4.69, 9.17) is 5.73 Å². The molecule has 3 nitrogen and oxygen atoms in total. The van der Waals surface area contributed by atoms with Gasteiger partial charge < -0.3 is 11.1 Å². The molecule has 1 amide bonds. The van der Waals surface area contributed by atoms with Crippen LogP contribution in [0.2, 0.25) is 0 Å². The molecule has 0 aromatic carbocycles. The van der Waals surface area contributed by atoms with Crippen LogP contribution in [0, 0.1) is 5.92 Å². The van der Waals surface area contributed by atoms with Crippen LogP contribution >= 0.6 is 0 Å². The van der Waals surface area contributed by atoms with E-state index in [1.54, 1.807) is 0 Å². The van der Waals surface area contributed by atoms with Gasteiger partial charge in [0.15, 0.2) is 0 Å². The minimum Gasteiger partial charge on any atom is -0.351 e. The van der Waals surface area contributed by atoms with Crippen molar-refractivity contribution in [3.8, 4) is 0 Å². The van der Waals surface area contributed by atoms with Crippen molar-refractivity contribution in [3.63, 3.8) is 0 Å². The van der Waals surface area contributed by atoms with Gasteiger partial charge >= 0.3 is 0 Å². The number of carbonyl (C=O) groups excluding carboxylic acids is 1. The predicted octanol–water partition coefficient (Wildman–Crippen LogP) is 1.03. The van der Waals surface area contributed by atoms with Gasteiger partial charge in [-0.1, -0.05) is 13.3 Å². The van der Waals surface area contributed by atoms with E-state index < -0.39 is 0 Å². The Kier molecular flexibility index (Phi) is 3.31. The Morgan fingerprint density at radius 2 is 2.23 bits per heavy atom. The third-order valence-corrected chi connectivity index (χ3v) is 2.72. The minimum atomic E-state index is 0.0161. The second kappa shape index (κ2) is 4.09. The lowest BCUT2D eigenvalue weighted by molar-refractivity contribution is -0.125. The highest BCUT2D eigenvalue weighted by atomic mass is 16.2. The molecule has 0 radical (unpaired) electrons. The van der Waals surface area contributed by atoms with E-state index in [9.17, 15) is 4.79 Å². The molecule has 1 atom stereocenters. The second-order valence-corrected chi connectivity index (χ2v) is 4.27. The standard InChI is InChI=1S/C10H20N2O/c1-3-4-8(7-11)9(13)12-10(2)5-6-10/h8H,3-7,11H2,1-2H3,(H,12,13). The third kappa shape index (κ3) is 2.99. The zero-order chi connectivity index (χ0) is 9.90. The second-order valence-electron chi connectivity index (χ2n) is 4.27. The van der Waals surface area contributed by atoms with Crippen LogP contribution in [0.1, 0.15) is 39.5 Å². The number of hydrogen-bond acceptors (Lipinski definition) is 2. The maximum absolute atomic E-state index is 11.6. The normalized spacial score (nSPS) is 20.8. The summed E-state index contributed by atoms with van der Waals surface area (Å²) in [5.74, 6) is 0.159. The zero-order valence-corrected chi connectivity index (χ0v) is 8.60. The van der Waals surface area contributed by atoms with Crippen LogP contribution in [0.4, 0.5) is 0 Å². The van der Waals surface area contributed by atoms with Gasteiger partial charge in [-0.05, 0) is 26.2 Å². The average molecular weight is 184 g/mol. The van der Waals surface area contributed by atoms with Gasteiger partial charge in [0, 0.05) is 12.1 Å². The molecule has 1 aliphatic carbocycles. The Balaban J connectivity index is 2.35. The van der Waals surface area contributed by atoms with Crippen LogP contribution in [0.5, 0.6) is 0 Å². The summed E-state index contributed by atoms with van der Waals surface area (Å²) in [6.07, 6.45) is 4.15. The summed E-state index contributed by atoms with van der Waals surface area (Å²) in [6, 6.07) is 0. The lowest BCUT2D eigenvalue weighted by atomic mass is 10.0. The number of carbonyl (C=O) groups is 1. The van der Waals surface area contributed by atoms with E-state index in [0.29, 0.717) is 6.54 Å². The van der Waals surface area contributed by atoms with Crippen LogP contribution < -0.4 is 11.1 Å². The van der Waals surface area contributed by atoms with E-state index in [1.165, 1.54) is 0 Å². The number of nitrogens with two attached hydrogens (primary N) is 1. The molecule has 0 saturated heterocycles. The van der Waals surface area contributed by atoms with Crippen LogP contribution in [0.25, 0.3) is 0 Å². The first-order valence-electron chi connectivity index (χ1n) is 5.13. The highest BCUT2D eigenvalue weighted by Crippen LogP contribution is 2.34. The summed E-state index contributed by atoms with van der Waals surface area (Å²) in [5.41, 5.74) is 5.63. The van der Waals surface area contributed by atoms with Crippen LogP contribution in [-0.4, -0.2) is 18.0 Å². The van der Waals surface area contributed by atoms with Gasteiger partial charge in [-0.15, -0.1) is 0 Å². The molecule has 1 saturated carbocycles. The zero-order valence-electron chi connectivity index (χ0n) is 8.60. The van der Waals surface area contributed by atoms with E-state index in [1.807, 2.05) is 0 Å². The molecule has 3 N–H and O–H groups in total. The topological polar surface area (TPSA) is 55.1 Å². The summed E-state index contributed by atoms with van der Waals surface area (Å²) in [4.78, 5) is 11.6. The quantitative estimate of drug-likeness (QED) is 0.670. The van der Waals surface area contributed by atoms with Gasteiger partial charge in [-0.25, -0.2) is 0 Å². The first-order chi connectivity index (χ1) is 6.11. The molecule has 0 aliphatic heterocycles. The van der Waals surface area contributed by atoms with Gasteiger partial charge in [-0.3, -0.25) is 4.79 Å². The Morgan fingerprint density at radius 3 is 2.62 bits per heavy atom. The first-order valence-corrected chi connectivity index (χ1v) is 5.13. The highest BCUT2D eigenvalue weighted by molar-refractivity contribution is 5.80. The lowest BCUT2D eigenvalue weighted by Crippen LogP contribution is -2.41.